The van der Waals surface area contributed by atoms with Crippen molar-refractivity contribution in [3.05, 3.63) is 23.8 Å². The second-order valence-electron chi connectivity index (χ2n) is 9.95. The summed E-state index contributed by atoms with van der Waals surface area (Å²) in [7, 11) is 1.48. The van der Waals surface area contributed by atoms with Crippen molar-refractivity contribution < 1.29 is 18.4 Å². The summed E-state index contributed by atoms with van der Waals surface area (Å²) in [5.41, 5.74) is 3.75. The summed E-state index contributed by atoms with van der Waals surface area (Å²) in [6, 6.07) is 2.41. The zero-order chi connectivity index (χ0) is 24.0. The van der Waals surface area contributed by atoms with Crippen LogP contribution < -0.4 is 21.0 Å². The van der Waals surface area contributed by atoms with Crippen LogP contribution in [0, 0.1) is 17.8 Å². The SMILES string of the molecule is CNC(=O)c1ccc(N2CCN(CC3CCC4C(NC(=O)C5C(C)CNN45)C3F)CC2)c(F)n1. The number of carbonyl (C=O) groups is 2. The lowest BCUT2D eigenvalue weighted by Crippen LogP contribution is -2.71. The van der Waals surface area contributed by atoms with Gasteiger partial charge in [0.05, 0.1) is 11.7 Å². The van der Waals surface area contributed by atoms with E-state index in [0.29, 0.717) is 38.4 Å². The van der Waals surface area contributed by atoms with Gasteiger partial charge in [-0.1, -0.05) is 6.92 Å². The van der Waals surface area contributed by atoms with Gasteiger partial charge in [-0.05, 0) is 30.9 Å². The molecule has 34 heavy (non-hydrogen) atoms. The predicted octanol–water partition coefficient (Wildman–Crippen LogP) is 0.142. The number of fused-ring (bicyclic) bond motifs is 3. The summed E-state index contributed by atoms with van der Waals surface area (Å²) >= 11 is 0. The van der Waals surface area contributed by atoms with Crippen molar-refractivity contribution in [2.45, 2.75) is 44.1 Å². The number of piperazine rings is 2. The number of alkyl halides is 1. The minimum Gasteiger partial charge on any atom is -0.365 e. The molecule has 0 spiro atoms. The number of aromatic nitrogens is 1. The van der Waals surface area contributed by atoms with Gasteiger partial charge in [-0.25, -0.2) is 14.4 Å². The number of carbonyl (C=O) groups excluding carboxylic acids is 2. The number of hydrazine groups is 1. The fourth-order valence-electron chi connectivity index (χ4n) is 6.02. The molecule has 5 rings (SSSR count). The highest BCUT2D eigenvalue weighted by atomic mass is 19.1. The molecule has 9 nitrogen and oxygen atoms in total. The van der Waals surface area contributed by atoms with E-state index < -0.39 is 24.1 Å². The Morgan fingerprint density at radius 2 is 2.00 bits per heavy atom. The molecule has 11 heteroatoms. The summed E-state index contributed by atoms with van der Waals surface area (Å²) in [4.78, 5) is 32.2. The van der Waals surface area contributed by atoms with Gasteiger partial charge in [0.25, 0.3) is 5.91 Å². The quantitative estimate of drug-likeness (QED) is 0.532. The van der Waals surface area contributed by atoms with E-state index in [1.165, 1.54) is 13.1 Å². The van der Waals surface area contributed by atoms with Crippen molar-refractivity contribution in [1.29, 1.82) is 0 Å². The molecule has 3 N–H and O–H groups in total. The largest absolute Gasteiger partial charge is 0.365 e. The first-order chi connectivity index (χ1) is 16.4. The van der Waals surface area contributed by atoms with Crippen molar-refractivity contribution in [2.24, 2.45) is 11.8 Å². The average molecular weight is 478 g/mol. The van der Waals surface area contributed by atoms with Crippen LogP contribution in [-0.4, -0.2) is 97.3 Å². The van der Waals surface area contributed by atoms with E-state index in [-0.39, 0.29) is 35.5 Å². The number of amides is 2. The number of hydrogen-bond acceptors (Lipinski definition) is 7. The molecule has 2 amide bonds. The molecular formula is C23H33F2N7O2. The van der Waals surface area contributed by atoms with Crippen LogP contribution in [0.15, 0.2) is 12.1 Å². The van der Waals surface area contributed by atoms with Gasteiger partial charge in [-0.15, -0.1) is 0 Å². The first-order valence-corrected chi connectivity index (χ1v) is 12.2. The number of pyridine rings is 1. The lowest BCUT2D eigenvalue weighted by atomic mass is 9.78. The van der Waals surface area contributed by atoms with Crippen molar-refractivity contribution in [3.63, 3.8) is 0 Å². The van der Waals surface area contributed by atoms with Crippen molar-refractivity contribution in [2.75, 3.05) is 51.2 Å². The molecule has 1 aliphatic carbocycles. The Labute approximate surface area is 198 Å². The van der Waals surface area contributed by atoms with Gasteiger partial charge in [0.1, 0.15) is 17.9 Å². The molecule has 4 fully saturated rings. The topological polar surface area (TPSA) is 92.8 Å². The lowest BCUT2D eigenvalue weighted by molar-refractivity contribution is -0.139. The number of halogens is 2. The van der Waals surface area contributed by atoms with Gasteiger partial charge in [-0.3, -0.25) is 19.9 Å². The molecule has 1 aromatic heterocycles. The second kappa shape index (κ2) is 9.35. The van der Waals surface area contributed by atoms with Crippen molar-refractivity contribution in [3.8, 4) is 0 Å². The Morgan fingerprint density at radius 1 is 1.24 bits per heavy atom. The van der Waals surface area contributed by atoms with E-state index in [0.717, 1.165) is 19.4 Å². The number of hydrogen-bond donors (Lipinski definition) is 3. The molecule has 186 valence electrons. The molecule has 6 unspecified atom stereocenters. The summed E-state index contributed by atoms with van der Waals surface area (Å²) in [6.07, 6.45) is 0.524. The second-order valence-corrected chi connectivity index (χ2v) is 9.95. The van der Waals surface area contributed by atoms with E-state index in [9.17, 15) is 14.0 Å². The van der Waals surface area contributed by atoms with E-state index in [2.05, 4.69) is 25.9 Å². The van der Waals surface area contributed by atoms with Crippen LogP contribution in [0.25, 0.3) is 0 Å². The average Bonchev–Trinajstić information content (AvgIpc) is 3.23. The highest BCUT2D eigenvalue weighted by Gasteiger charge is 2.53. The Bertz CT molecular complexity index is 942. The molecule has 3 aliphatic heterocycles. The third-order valence-electron chi connectivity index (χ3n) is 7.90. The van der Waals surface area contributed by atoms with Gasteiger partial charge in [0, 0.05) is 58.3 Å². The lowest BCUT2D eigenvalue weighted by Gasteiger charge is -2.49. The smallest absolute Gasteiger partial charge is 0.269 e. The molecule has 4 aliphatic rings. The van der Waals surface area contributed by atoms with Gasteiger partial charge in [0.2, 0.25) is 11.9 Å². The molecule has 0 radical (unpaired) electrons. The number of anilines is 1. The fraction of sp³-hybridized carbons (Fsp3) is 0.696. The highest BCUT2D eigenvalue weighted by molar-refractivity contribution is 5.92. The first-order valence-electron chi connectivity index (χ1n) is 12.2. The van der Waals surface area contributed by atoms with Crippen LogP contribution in [0.3, 0.4) is 0 Å². The van der Waals surface area contributed by atoms with Crippen LogP contribution in [0.1, 0.15) is 30.3 Å². The van der Waals surface area contributed by atoms with Gasteiger partial charge >= 0.3 is 0 Å². The minimum atomic E-state index is -1.10. The zero-order valence-corrected chi connectivity index (χ0v) is 19.6. The van der Waals surface area contributed by atoms with Crippen LogP contribution >= 0.6 is 0 Å². The molecular weight excluding hydrogens is 444 g/mol. The summed E-state index contributed by atoms with van der Waals surface area (Å²) < 4.78 is 30.1. The molecule has 3 saturated heterocycles. The van der Waals surface area contributed by atoms with E-state index in [1.807, 2.05) is 16.8 Å². The van der Waals surface area contributed by atoms with E-state index in [1.54, 1.807) is 6.07 Å². The van der Waals surface area contributed by atoms with Crippen LogP contribution in [-0.2, 0) is 4.79 Å². The first kappa shape index (κ1) is 23.4. The molecule has 0 aromatic carbocycles. The standard InChI is InChI=1S/C23H33F2N7O2/c1-13-11-27-32-16-5-3-14(18(24)19(16)29-23(34)20(13)32)12-30-7-9-31(10-8-30)17-6-4-15(22(33)26-2)28-21(17)25/h4,6,13-14,16,18-20,27H,3,5,7-12H2,1-2H3,(H,26,33)(H,29,34). The maximum atomic E-state index is 15.6. The van der Waals surface area contributed by atoms with Crippen LogP contribution in [0.5, 0.6) is 0 Å². The Balaban J connectivity index is 1.17. The van der Waals surface area contributed by atoms with Gasteiger partial charge in [-0.2, -0.15) is 4.39 Å². The highest BCUT2D eigenvalue weighted by Crippen LogP contribution is 2.36. The van der Waals surface area contributed by atoms with Crippen LogP contribution in [0.2, 0.25) is 0 Å². The molecule has 6 atom stereocenters. The molecule has 1 aromatic rings. The number of nitrogens with zero attached hydrogens (tertiary/aromatic N) is 4. The van der Waals surface area contributed by atoms with Crippen molar-refractivity contribution in [1.82, 2.24) is 31.0 Å². The summed E-state index contributed by atoms with van der Waals surface area (Å²) in [6.45, 7) is 5.99. The van der Waals surface area contributed by atoms with Gasteiger partial charge < -0.3 is 15.5 Å². The third kappa shape index (κ3) is 4.14. The fourth-order valence-corrected chi connectivity index (χ4v) is 6.02. The normalized spacial score (nSPS) is 34.4. The summed E-state index contributed by atoms with van der Waals surface area (Å²) in [5, 5.41) is 7.44. The molecule has 4 heterocycles. The van der Waals surface area contributed by atoms with E-state index >= 15 is 4.39 Å². The monoisotopic (exact) mass is 477 g/mol. The number of rotatable bonds is 4. The maximum absolute atomic E-state index is 15.6. The Kier molecular flexibility index (Phi) is 6.43. The summed E-state index contributed by atoms with van der Waals surface area (Å²) in [5.74, 6) is -1.09. The predicted molar refractivity (Wildman–Crippen MR) is 122 cm³/mol. The van der Waals surface area contributed by atoms with Gasteiger partial charge in [0.15, 0.2) is 0 Å². The maximum Gasteiger partial charge on any atom is 0.269 e. The molecule has 0 bridgehead atoms. The zero-order valence-electron chi connectivity index (χ0n) is 19.6. The van der Waals surface area contributed by atoms with E-state index in [4.69, 9.17) is 0 Å². The Hall–Kier alpha value is -2.37. The Morgan fingerprint density at radius 3 is 2.71 bits per heavy atom. The van der Waals surface area contributed by atoms with Crippen LogP contribution in [0.4, 0.5) is 14.5 Å². The van der Waals surface area contributed by atoms with Crippen molar-refractivity contribution >= 4 is 17.5 Å². The third-order valence-corrected chi connectivity index (χ3v) is 7.90. The minimum absolute atomic E-state index is 0.0102. The molecule has 1 saturated carbocycles. The number of nitrogens with one attached hydrogen (secondary N) is 3.